The monoisotopic (exact) mass is 494 g/mol. The molecule has 2 aromatic rings. The summed E-state index contributed by atoms with van der Waals surface area (Å²) in [6.07, 6.45) is 0.633. The Bertz CT molecular complexity index is 1090. The minimum absolute atomic E-state index is 0.0157. The molecule has 9 heteroatoms. The van der Waals surface area contributed by atoms with Gasteiger partial charge in [0, 0.05) is 50.2 Å². The number of rotatable bonds is 6. The lowest BCUT2D eigenvalue weighted by Gasteiger charge is -2.49. The summed E-state index contributed by atoms with van der Waals surface area (Å²) >= 11 is 0. The van der Waals surface area contributed by atoms with Crippen molar-refractivity contribution in [1.82, 2.24) is 9.80 Å². The molecule has 0 bridgehead atoms. The molecule has 3 heterocycles. The number of methoxy groups -OCH3 is 2. The normalized spacial score (nSPS) is 21.8. The van der Waals surface area contributed by atoms with E-state index in [1.165, 1.54) is 0 Å². The molecule has 192 valence electrons. The first kappa shape index (κ1) is 24.4. The van der Waals surface area contributed by atoms with Crippen LogP contribution in [0.15, 0.2) is 42.5 Å². The molecule has 3 aliphatic rings. The first-order valence-corrected chi connectivity index (χ1v) is 12.5. The molecule has 3 aliphatic heterocycles. The maximum atomic E-state index is 13.6. The van der Waals surface area contributed by atoms with Gasteiger partial charge in [-0.2, -0.15) is 0 Å². The molecule has 2 saturated heterocycles. The van der Waals surface area contributed by atoms with E-state index in [2.05, 4.69) is 27.2 Å². The fourth-order valence-corrected chi connectivity index (χ4v) is 5.42. The van der Waals surface area contributed by atoms with E-state index < -0.39 is 0 Å². The molecule has 5 rings (SSSR count). The van der Waals surface area contributed by atoms with Crippen LogP contribution in [-0.4, -0.2) is 94.4 Å². The van der Waals surface area contributed by atoms with E-state index in [0.29, 0.717) is 45.8 Å². The highest BCUT2D eigenvalue weighted by Crippen LogP contribution is 2.38. The smallest absolute Gasteiger partial charge is 0.236 e. The van der Waals surface area contributed by atoms with Crippen LogP contribution in [0.4, 0.5) is 11.4 Å². The van der Waals surface area contributed by atoms with Crippen molar-refractivity contribution in [2.24, 2.45) is 5.92 Å². The molecule has 2 fully saturated rings. The highest BCUT2D eigenvalue weighted by Gasteiger charge is 2.42. The summed E-state index contributed by atoms with van der Waals surface area (Å²) in [5.74, 6) is 1.40. The highest BCUT2D eigenvalue weighted by atomic mass is 16.5. The maximum absolute atomic E-state index is 13.6. The summed E-state index contributed by atoms with van der Waals surface area (Å²) in [4.78, 5) is 32.9. The van der Waals surface area contributed by atoms with Gasteiger partial charge < -0.3 is 29.3 Å². The summed E-state index contributed by atoms with van der Waals surface area (Å²) in [5, 5.41) is 3.10. The van der Waals surface area contributed by atoms with Crippen molar-refractivity contribution in [3.63, 3.8) is 0 Å². The molecule has 2 atom stereocenters. The van der Waals surface area contributed by atoms with Crippen molar-refractivity contribution < 1.29 is 23.8 Å². The van der Waals surface area contributed by atoms with Crippen LogP contribution in [0.2, 0.25) is 0 Å². The van der Waals surface area contributed by atoms with Gasteiger partial charge in [0.15, 0.2) is 0 Å². The maximum Gasteiger partial charge on any atom is 0.236 e. The molecule has 0 radical (unpaired) electrons. The van der Waals surface area contributed by atoms with Crippen molar-refractivity contribution in [3.8, 4) is 11.5 Å². The van der Waals surface area contributed by atoms with Crippen molar-refractivity contribution in [1.29, 1.82) is 0 Å². The second-order valence-corrected chi connectivity index (χ2v) is 9.51. The first-order valence-electron chi connectivity index (χ1n) is 12.5. The predicted octanol–water partition coefficient (Wildman–Crippen LogP) is 1.86. The second kappa shape index (κ2) is 10.8. The van der Waals surface area contributed by atoms with Gasteiger partial charge in [0.25, 0.3) is 0 Å². The van der Waals surface area contributed by atoms with Crippen molar-refractivity contribution in [3.05, 3.63) is 48.0 Å². The van der Waals surface area contributed by atoms with E-state index in [0.717, 1.165) is 41.5 Å². The lowest BCUT2D eigenvalue weighted by Crippen LogP contribution is -2.61. The molecule has 1 N–H and O–H groups in total. The molecule has 36 heavy (non-hydrogen) atoms. The van der Waals surface area contributed by atoms with Crippen molar-refractivity contribution >= 4 is 23.2 Å². The zero-order chi connectivity index (χ0) is 25.1. The van der Waals surface area contributed by atoms with Crippen LogP contribution in [0.25, 0.3) is 0 Å². The van der Waals surface area contributed by atoms with Crippen LogP contribution in [0.3, 0.4) is 0 Å². The predicted molar refractivity (Wildman–Crippen MR) is 137 cm³/mol. The van der Waals surface area contributed by atoms with Crippen LogP contribution in [-0.2, 0) is 20.7 Å². The van der Waals surface area contributed by atoms with E-state index in [1.807, 2.05) is 35.2 Å². The Labute approximate surface area is 211 Å². The lowest BCUT2D eigenvalue weighted by molar-refractivity contribution is -0.136. The lowest BCUT2D eigenvalue weighted by atomic mass is 9.83. The number of amides is 2. The van der Waals surface area contributed by atoms with Gasteiger partial charge in [-0.15, -0.1) is 0 Å². The molecule has 0 spiro atoms. The number of fused-ring (bicyclic) bond motifs is 3. The molecule has 2 amide bonds. The number of anilines is 2. The van der Waals surface area contributed by atoms with Gasteiger partial charge in [-0.3, -0.25) is 14.5 Å². The standard InChI is InChI=1S/C27H34N4O5/c1-34-21-7-4-20(5-8-21)28-27(33)23-15-19-3-6-22(35-2)16-24(19)31-10-9-29(17-25(23)31)18-26(32)30-11-13-36-14-12-30/h3-8,16,23,25H,9-15,17-18H2,1-2H3,(H,28,33)/t23-,25-/m0/s1. The van der Waals surface area contributed by atoms with Gasteiger partial charge in [0.1, 0.15) is 11.5 Å². The number of carbonyl (C=O) groups is 2. The fourth-order valence-electron chi connectivity index (χ4n) is 5.42. The molecule has 0 saturated carbocycles. The van der Waals surface area contributed by atoms with Gasteiger partial charge >= 0.3 is 0 Å². The minimum Gasteiger partial charge on any atom is -0.497 e. The largest absolute Gasteiger partial charge is 0.497 e. The van der Waals surface area contributed by atoms with Gasteiger partial charge in [0.05, 0.1) is 45.9 Å². The summed E-state index contributed by atoms with van der Waals surface area (Å²) in [5.41, 5.74) is 3.00. The average molecular weight is 495 g/mol. The number of piperazine rings is 1. The third-order valence-electron chi connectivity index (χ3n) is 7.43. The van der Waals surface area contributed by atoms with Crippen LogP contribution >= 0.6 is 0 Å². The molecular formula is C27H34N4O5. The van der Waals surface area contributed by atoms with Crippen LogP contribution in [0.1, 0.15) is 5.56 Å². The van der Waals surface area contributed by atoms with Crippen LogP contribution < -0.4 is 19.7 Å². The Morgan fingerprint density at radius 2 is 1.69 bits per heavy atom. The van der Waals surface area contributed by atoms with Crippen molar-refractivity contribution in [2.75, 3.05) is 76.9 Å². The summed E-state index contributed by atoms with van der Waals surface area (Å²) < 4.78 is 16.1. The quantitative estimate of drug-likeness (QED) is 0.656. The Morgan fingerprint density at radius 3 is 2.42 bits per heavy atom. The number of ether oxygens (including phenoxy) is 3. The average Bonchev–Trinajstić information content (AvgIpc) is 2.93. The van der Waals surface area contributed by atoms with Gasteiger partial charge in [-0.25, -0.2) is 0 Å². The summed E-state index contributed by atoms with van der Waals surface area (Å²) in [6.45, 7) is 4.98. The van der Waals surface area contributed by atoms with E-state index in [9.17, 15) is 9.59 Å². The van der Waals surface area contributed by atoms with Crippen LogP contribution in [0.5, 0.6) is 11.5 Å². The Balaban J connectivity index is 1.36. The van der Waals surface area contributed by atoms with Crippen molar-refractivity contribution in [2.45, 2.75) is 12.5 Å². The third kappa shape index (κ3) is 5.12. The number of carbonyl (C=O) groups excluding carboxylic acids is 2. The summed E-state index contributed by atoms with van der Waals surface area (Å²) in [7, 11) is 3.29. The van der Waals surface area contributed by atoms with E-state index in [1.54, 1.807) is 14.2 Å². The summed E-state index contributed by atoms with van der Waals surface area (Å²) in [6, 6.07) is 13.4. The zero-order valence-corrected chi connectivity index (χ0v) is 20.9. The Hall–Kier alpha value is -3.30. The molecule has 2 aromatic carbocycles. The topological polar surface area (TPSA) is 83.6 Å². The number of hydrogen-bond donors (Lipinski definition) is 1. The molecule has 9 nitrogen and oxygen atoms in total. The Kier molecular flexibility index (Phi) is 7.29. The molecule has 0 unspecified atom stereocenters. The fraction of sp³-hybridized carbons (Fsp3) is 0.481. The zero-order valence-electron chi connectivity index (χ0n) is 20.9. The number of benzene rings is 2. The van der Waals surface area contributed by atoms with Crippen LogP contribution in [0, 0.1) is 5.92 Å². The van der Waals surface area contributed by atoms with E-state index in [-0.39, 0.29) is 23.8 Å². The molecular weight excluding hydrogens is 460 g/mol. The molecule has 0 aliphatic carbocycles. The number of nitrogens with zero attached hydrogens (tertiary/aromatic N) is 3. The van der Waals surface area contributed by atoms with Gasteiger partial charge in [0.2, 0.25) is 11.8 Å². The number of hydrogen-bond acceptors (Lipinski definition) is 7. The highest BCUT2D eigenvalue weighted by molar-refractivity contribution is 5.94. The number of morpholine rings is 1. The van der Waals surface area contributed by atoms with Gasteiger partial charge in [-0.05, 0) is 42.3 Å². The molecule has 0 aromatic heterocycles. The SMILES string of the molecule is COc1ccc(NC(=O)[C@H]2Cc3ccc(OC)cc3N3CCN(CC(=O)N4CCOCC4)C[C@@H]23)cc1. The Morgan fingerprint density at radius 1 is 0.972 bits per heavy atom. The third-order valence-corrected chi connectivity index (χ3v) is 7.43. The van der Waals surface area contributed by atoms with Gasteiger partial charge in [-0.1, -0.05) is 6.07 Å². The van der Waals surface area contributed by atoms with E-state index >= 15 is 0 Å². The van der Waals surface area contributed by atoms with E-state index in [4.69, 9.17) is 14.2 Å². The first-order chi connectivity index (χ1) is 17.6. The minimum atomic E-state index is -0.255. The number of nitrogens with one attached hydrogen (secondary N) is 1. The second-order valence-electron chi connectivity index (χ2n) is 9.51.